The molecule has 1 rings (SSSR count). The summed E-state index contributed by atoms with van der Waals surface area (Å²) in [5, 5.41) is 12.1. The number of nitrogens with two attached hydrogens (primary N) is 1. The van der Waals surface area contributed by atoms with Gasteiger partial charge in [0.25, 0.3) is 5.91 Å². The summed E-state index contributed by atoms with van der Waals surface area (Å²) in [6, 6.07) is 5.19. The first-order valence-electron chi connectivity index (χ1n) is 5.80. The molecule has 0 bridgehead atoms. The van der Waals surface area contributed by atoms with Gasteiger partial charge in [-0.1, -0.05) is 6.07 Å². The average Bonchev–Trinajstić information content (AvgIpc) is 2.34. The zero-order chi connectivity index (χ0) is 13.7. The Morgan fingerprint density at radius 1 is 1.56 bits per heavy atom. The number of nitrogens with one attached hydrogen (secondary N) is 1. The fourth-order valence-corrected chi connectivity index (χ4v) is 2.34. The number of rotatable bonds is 5. The Morgan fingerprint density at radius 2 is 2.22 bits per heavy atom. The van der Waals surface area contributed by atoms with Crippen molar-refractivity contribution in [3.8, 4) is 0 Å². The van der Waals surface area contributed by atoms with Crippen molar-refractivity contribution in [3.63, 3.8) is 0 Å². The Labute approximate surface area is 112 Å². The number of thioether (sulfide) groups is 1. The number of amides is 1. The number of benzene rings is 1. The molecule has 0 saturated heterocycles. The van der Waals surface area contributed by atoms with Crippen LogP contribution in [0.4, 0.5) is 5.69 Å². The van der Waals surface area contributed by atoms with Gasteiger partial charge in [-0.2, -0.15) is 11.8 Å². The summed E-state index contributed by atoms with van der Waals surface area (Å²) in [5.41, 5.74) is 7.75. The Balaban J connectivity index is 2.79. The van der Waals surface area contributed by atoms with E-state index in [4.69, 9.17) is 5.73 Å². The van der Waals surface area contributed by atoms with E-state index in [1.54, 1.807) is 18.2 Å². The number of nitrogen functional groups attached to an aromatic ring is 1. The van der Waals surface area contributed by atoms with Crippen molar-refractivity contribution >= 4 is 23.4 Å². The second kappa shape index (κ2) is 6.66. The Hall–Kier alpha value is -1.20. The SMILES string of the molecule is CSC(CO)C(C)NC(=O)c1cccc(N)c1C. The van der Waals surface area contributed by atoms with E-state index in [9.17, 15) is 9.90 Å². The van der Waals surface area contributed by atoms with E-state index in [1.807, 2.05) is 20.1 Å². The molecule has 100 valence electrons. The third kappa shape index (κ3) is 3.40. The molecule has 0 aromatic heterocycles. The van der Waals surface area contributed by atoms with Crippen molar-refractivity contribution in [1.82, 2.24) is 5.32 Å². The van der Waals surface area contributed by atoms with Gasteiger partial charge in [-0.3, -0.25) is 4.79 Å². The summed E-state index contributed by atoms with van der Waals surface area (Å²) in [6.45, 7) is 3.75. The molecule has 5 heteroatoms. The molecule has 1 aromatic carbocycles. The third-order valence-corrected chi connectivity index (χ3v) is 4.18. The van der Waals surface area contributed by atoms with E-state index < -0.39 is 0 Å². The maximum absolute atomic E-state index is 12.1. The van der Waals surface area contributed by atoms with E-state index in [-0.39, 0.29) is 23.8 Å². The van der Waals surface area contributed by atoms with Gasteiger partial charge in [-0.25, -0.2) is 0 Å². The number of hydrogen-bond donors (Lipinski definition) is 3. The summed E-state index contributed by atoms with van der Waals surface area (Å²) in [7, 11) is 0. The first kappa shape index (κ1) is 14.9. The summed E-state index contributed by atoms with van der Waals surface area (Å²) in [6.07, 6.45) is 1.91. The predicted octanol–water partition coefficient (Wildman–Crippen LogP) is 1.42. The Kier molecular flexibility index (Phi) is 5.50. The van der Waals surface area contributed by atoms with Gasteiger partial charge in [-0.05, 0) is 37.8 Å². The van der Waals surface area contributed by atoms with Crippen LogP contribution in [0.1, 0.15) is 22.8 Å². The molecule has 0 radical (unpaired) electrons. The number of aliphatic hydroxyl groups excluding tert-OH is 1. The van der Waals surface area contributed by atoms with Crippen LogP contribution in [0.5, 0.6) is 0 Å². The summed E-state index contributed by atoms with van der Waals surface area (Å²) in [5.74, 6) is -0.153. The highest BCUT2D eigenvalue weighted by molar-refractivity contribution is 7.99. The molecule has 1 amide bonds. The van der Waals surface area contributed by atoms with Crippen molar-refractivity contribution in [1.29, 1.82) is 0 Å². The first-order chi connectivity index (χ1) is 8.51. The molecule has 1 aromatic rings. The lowest BCUT2D eigenvalue weighted by atomic mass is 10.1. The lowest BCUT2D eigenvalue weighted by Crippen LogP contribution is -2.41. The summed E-state index contributed by atoms with van der Waals surface area (Å²) < 4.78 is 0. The minimum Gasteiger partial charge on any atom is -0.398 e. The molecule has 0 aliphatic rings. The fraction of sp³-hybridized carbons (Fsp3) is 0.462. The number of aliphatic hydroxyl groups is 1. The summed E-state index contributed by atoms with van der Waals surface area (Å²) in [4.78, 5) is 12.1. The highest BCUT2D eigenvalue weighted by Crippen LogP contribution is 2.16. The quantitative estimate of drug-likeness (QED) is 0.706. The smallest absolute Gasteiger partial charge is 0.251 e. The van der Waals surface area contributed by atoms with Crippen LogP contribution in [-0.2, 0) is 0 Å². The molecule has 0 aliphatic carbocycles. The van der Waals surface area contributed by atoms with E-state index in [0.29, 0.717) is 11.3 Å². The van der Waals surface area contributed by atoms with Crippen LogP contribution < -0.4 is 11.1 Å². The number of carbonyl (C=O) groups excluding carboxylic acids is 1. The molecule has 0 spiro atoms. The zero-order valence-electron chi connectivity index (χ0n) is 10.9. The molecule has 0 fully saturated rings. The second-order valence-electron chi connectivity index (χ2n) is 4.24. The first-order valence-corrected chi connectivity index (χ1v) is 7.09. The van der Waals surface area contributed by atoms with Crippen molar-refractivity contribution < 1.29 is 9.90 Å². The Bertz CT molecular complexity index is 419. The van der Waals surface area contributed by atoms with Gasteiger partial charge < -0.3 is 16.2 Å². The summed E-state index contributed by atoms with van der Waals surface area (Å²) >= 11 is 1.53. The standard InChI is InChI=1S/C13H20N2O2S/c1-8-10(5-4-6-11(8)14)13(17)15-9(2)12(7-16)18-3/h4-6,9,12,16H,7,14H2,1-3H3,(H,15,17). The van der Waals surface area contributed by atoms with Crippen LogP contribution in [0.3, 0.4) is 0 Å². The average molecular weight is 268 g/mol. The van der Waals surface area contributed by atoms with Gasteiger partial charge in [0.15, 0.2) is 0 Å². The van der Waals surface area contributed by atoms with Crippen molar-refractivity contribution in [2.24, 2.45) is 0 Å². The van der Waals surface area contributed by atoms with Crippen LogP contribution in [-0.4, -0.2) is 35.2 Å². The second-order valence-corrected chi connectivity index (χ2v) is 5.32. The van der Waals surface area contributed by atoms with Crippen molar-refractivity contribution in [3.05, 3.63) is 29.3 Å². The molecule has 2 atom stereocenters. The van der Waals surface area contributed by atoms with Gasteiger partial charge in [0.2, 0.25) is 0 Å². The predicted molar refractivity (Wildman–Crippen MR) is 76.9 cm³/mol. The van der Waals surface area contributed by atoms with Crippen LogP contribution >= 0.6 is 11.8 Å². The third-order valence-electron chi connectivity index (χ3n) is 3.02. The van der Waals surface area contributed by atoms with Crippen molar-refractivity contribution in [2.75, 3.05) is 18.6 Å². The minimum absolute atomic E-state index is 0.00434. The highest BCUT2D eigenvalue weighted by Gasteiger charge is 2.19. The molecule has 4 nitrogen and oxygen atoms in total. The number of anilines is 1. The molecule has 0 saturated carbocycles. The highest BCUT2D eigenvalue weighted by atomic mass is 32.2. The van der Waals surface area contributed by atoms with E-state index in [2.05, 4.69) is 5.32 Å². The van der Waals surface area contributed by atoms with Crippen molar-refractivity contribution in [2.45, 2.75) is 25.1 Å². The Morgan fingerprint density at radius 3 is 2.78 bits per heavy atom. The largest absolute Gasteiger partial charge is 0.398 e. The van der Waals surface area contributed by atoms with E-state index in [1.165, 1.54) is 11.8 Å². The minimum atomic E-state index is -0.153. The van der Waals surface area contributed by atoms with Crippen LogP contribution in [0.15, 0.2) is 18.2 Å². The molecular formula is C13H20N2O2S. The van der Waals surface area contributed by atoms with Gasteiger partial charge in [0.05, 0.1) is 6.61 Å². The zero-order valence-corrected chi connectivity index (χ0v) is 11.8. The van der Waals surface area contributed by atoms with Crippen LogP contribution in [0, 0.1) is 6.92 Å². The fourth-order valence-electron chi connectivity index (χ4n) is 1.71. The van der Waals surface area contributed by atoms with Crippen LogP contribution in [0.25, 0.3) is 0 Å². The topological polar surface area (TPSA) is 75.3 Å². The molecule has 0 heterocycles. The molecule has 4 N–H and O–H groups in total. The number of carbonyl (C=O) groups is 1. The maximum Gasteiger partial charge on any atom is 0.251 e. The van der Waals surface area contributed by atoms with Gasteiger partial charge in [0.1, 0.15) is 0 Å². The monoisotopic (exact) mass is 268 g/mol. The lowest BCUT2D eigenvalue weighted by molar-refractivity contribution is 0.0935. The van der Waals surface area contributed by atoms with Crippen LogP contribution in [0.2, 0.25) is 0 Å². The molecular weight excluding hydrogens is 248 g/mol. The normalized spacial score (nSPS) is 14.0. The molecule has 18 heavy (non-hydrogen) atoms. The van der Waals surface area contributed by atoms with E-state index in [0.717, 1.165) is 5.56 Å². The van der Waals surface area contributed by atoms with Gasteiger partial charge in [-0.15, -0.1) is 0 Å². The van der Waals surface area contributed by atoms with E-state index >= 15 is 0 Å². The lowest BCUT2D eigenvalue weighted by Gasteiger charge is -2.21. The molecule has 0 aliphatic heterocycles. The molecule has 2 unspecified atom stereocenters. The number of hydrogen-bond acceptors (Lipinski definition) is 4. The van der Waals surface area contributed by atoms with Gasteiger partial charge >= 0.3 is 0 Å². The van der Waals surface area contributed by atoms with Gasteiger partial charge in [0, 0.05) is 22.5 Å². The maximum atomic E-state index is 12.1.